The fourth-order valence-corrected chi connectivity index (χ4v) is 3.78. The molecule has 0 bridgehead atoms. The van der Waals surface area contributed by atoms with E-state index in [4.69, 9.17) is 13.9 Å². The zero-order valence-electron chi connectivity index (χ0n) is 17.2. The molecule has 0 aliphatic carbocycles. The van der Waals surface area contributed by atoms with Crippen LogP contribution >= 0.6 is 11.8 Å². The smallest absolute Gasteiger partial charge is 0.277 e. The Morgan fingerprint density at radius 2 is 1.97 bits per heavy atom. The summed E-state index contributed by atoms with van der Waals surface area (Å²) in [5, 5.41) is 12.4. The van der Waals surface area contributed by atoms with Gasteiger partial charge in [-0.05, 0) is 30.2 Å². The normalized spacial score (nSPS) is 10.9. The molecule has 2 aromatic heterocycles. The Hall–Kier alpha value is -3.46. The number of thioether (sulfide) groups is 1. The number of aromatic nitrogens is 3. The fraction of sp³-hybridized carbons (Fsp3) is 0.227. The number of hydrogen-bond acceptors (Lipinski definition) is 7. The minimum Gasteiger partial charge on any atom is -0.493 e. The first-order valence-electron chi connectivity index (χ1n) is 9.68. The van der Waals surface area contributed by atoms with Crippen LogP contribution in [-0.2, 0) is 11.2 Å². The molecule has 2 N–H and O–H groups in total. The highest BCUT2D eigenvalue weighted by atomic mass is 32.2. The molecular weight excluding hydrogens is 416 g/mol. The van der Waals surface area contributed by atoms with Crippen LogP contribution in [0.25, 0.3) is 22.4 Å². The van der Waals surface area contributed by atoms with E-state index in [1.165, 1.54) is 11.8 Å². The molecule has 160 valence electrons. The summed E-state index contributed by atoms with van der Waals surface area (Å²) in [6.07, 6.45) is 2.52. The van der Waals surface area contributed by atoms with Crippen LogP contribution in [0.5, 0.6) is 11.5 Å². The Balaban J connectivity index is 1.27. The van der Waals surface area contributed by atoms with Crippen LogP contribution in [0.3, 0.4) is 0 Å². The molecule has 2 heterocycles. The quantitative estimate of drug-likeness (QED) is 0.384. The zero-order chi connectivity index (χ0) is 21.6. The third-order valence-corrected chi connectivity index (χ3v) is 5.56. The summed E-state index contributed by atoms with van der Waals surface area (Å²) in [6.45, 7) is 0.513. The Bertz CT molecular complexity index is 1190. The first kappa shape index (κ1) is 20.8. The molecule has 1 amide bonds. The van der Waals surface area contributed by atoms with Gasteiger partial charge in [0.15, 0.2) is 11.5 Å². The van der Waals surface area contributed by atoms with Crippen molar-refractivity contribution in [3.8, 4) is 23.0 Å². The minimum absolute atomic E-state index is 0.0997. The molecule has 0 saturated heterocycles. The second-order valence-corrected chi connectivity index (χ2v) is 7.63. The van der Waals surface area contributed by atoms with Crippen molar-refractivity contribution >= 4 is 28.6 Å². The molecule has 0 atom stereocenters. The summed E-state index contributed by atoms with van der Waals surface area (Å²) < 4.78 is 16.3. The van der Waals surface area contributed by atoms with Gasteiger partial charge in [0.2, 0.25) is 5.91 Å². The summed E-state index contributed by atoms with van der Waals surface area (Å²) in [6, 6.07) is 13.6. The van der Waals surface area contributed by atoms with Crippen LogP contribution < -0.4 is 14.8 Å². The van der Waals surface area contributed by atoms with Gasteiger partial charge in [-0.15, -0.1) is 10.2 Å². The van der Waals surface area contributed by atoms with Gasteiger partial charge in [0.25, 0.3) is 11.1 Å². The SMILES string of the molecule is COc1ccc(CCNC(=O)CSc2nnc(-c3c[nH]c4ccccc34)o2)cc1OC. The van der Waals surface area contributed by atoms with Crippen molar-refractivity contribution in [3.05, 3.63) is 54.2 Å². The number of aromatic amines is 1. The average Bonchev–Trinajstić information content (AvgIpc) is 3.44. The van der Waals surface area contributed by atoms with Crippen molar-refractivity contribution in [2.45, 2.75) is 11.6 Å². The lowest BCUT2D eigenvalue weighted by Gasteiger charge is -2.10. The van der Waals surface area contributed by atoms with Gasteiger partial charge in [0, 0.05) is 23.6 Å². The van der Waals surface area contributed by atoms with E-state index in [9.17, 15) is 4.79 Å². The number of amides is 1. The van der Waals surface area contributed by atoms with Crippen LogP contribution in [0, 0.1) is 0 Å². The van der Waals surface area contributed by atoms with Crippen molar-refractivity contribution in [3.63, 3.8) is 0 Å². The Morgan fingerprint density at radius 3 is 2.81 bits per heavy atom. The van der Waals surface area contributed by atoms with Gasteiger partial charge in [-0.25, -0.2) is 0 Å². The van der Waals surface area contributed by atoms with E-state index in [0.717, 1.165) is 22.0 Å². The van der Waals surface area contributed by atoms with Gasteiger partial charge >= 0.3 is 0 Å². The van der Waals surface area contributed by atoms with E-state index in [2.05, 4.69) is 20.5 Å². The van der Waals surface area contributed by atoms with Crippen molar-refractivity contribution in [1.29, 1.82) is 0 Å². The molecule has 9 heteroatoms. The van der Waals surface area contributed by atoms with E-state index < -0.39 is 0 Å². The lowest BCUT2D eigenvalue weighted by Crippen LogP contribution is -2.27. The summed E-state index contributed by atoms with van der Waals surface area (Å²) in [5.74, 6) is 1.87. The van der Waals surface area contributed by atoms with Gasteiger partial charge in [0.1, 0.15) is 0 Å². The van der Waals surface area contributed by atoms with Crippen molar-refractivity contribution in [2.75, 3.05) is 26.5 Å². The monoisotopic (exact) mass is 438 g/mol. The molecule has 0 unspecified atom stereocenters. The molecule has 31 heavy (non-hydrogen) atoms. The highest BCUT2D eigenvalue weighted by molar-refractivity contribution is 7.99. The molecule has 4 rings (SSSR count). The highest BCUT2D eigenvalue weighted by Gasteiger charge is 2.14. The lowest BCUT2D eigenvalue weighted by atomic mass is 10.1. The maximum absolute atomic E-state index is 12.2. The number of methoxy groups -OCH3 is 2. The Kier molecular flexibility index (Phi) is 6.42. The van der Waals surface area contributed by atoms with Crippen LogP contribution in [0.15, 0.2) is 58.3 Å². The minimum atomic E-state index is -0.0997. The Labute approximate surface area is 183 Å². The molecule has 8 nitrogen and oxygen atoms in total. The van der Waals surface area contributed by atoms with Crippen LogP contribution in [-0.4, -0.2) is 47.6 Å². The van der Waals surface area contributed by atoms with Crippen molar-refractivity contribution in [2.24, 2.45) is 0 Å². The van der Waals surface area contributed by atoms with Gasteiger partial charge in [-0.2, -0.15) is 0 Å². The molecule has 0 aliphatic heterocycles. The van der Waals surface area contributed by atoms with Gasteiger partial charge < -0.3 is 24.2 Å². The number of carbonyl (C=O) groups excluding carboxylic acids is 1. The van der Waals surface area contributed by atoms with Crippen molar-refractivity contribution in [1.82, 2.24) is 20.5 Å². The number of rotatable bonds is 9. The van der Waals surface area contributed by atoms with Gasteiger partial charge in [0.05, 0.1) is 25.5 Å². The first-order chi connectivity index (χ1) is 15.2. The number of hydrogen-bond donors (Lipinski definition) is 2. The van der Waals surface area contributed by atoms with Gasteiger partial charge in [-0.3, -0.25) is 4.79 Å². The van der Waals surface area contributed by atoms with Crippen LogP contribution in [0.4, 0.5) is 0 Å². The second kappa shape index (κ2) is 9.57. The maximum Gasteiger partial charge on any atom is 0.277 e. The third kappa shape index (κ3) is 4.83. The molecular formula is C22H22N4O4S. The van der Waals surface area contributed by atoms with E-state index in [1.54, 1.807) is 14.2 Å². The number of benzene rings is 2. The van der Waals surface area contributed by atoms with Crippen LogP contribution in [0.1, 0.15) is 5.56 Å². The van der Waals surface area contributed by atoms with E-state index in [1.807, 2.05) is 48.7 Å². The van der Waals surface area contributed by atoms with Gasteiger partial charge in [-0.1, -0.05) is 36.0 Å². The largest absolute Gasteiger partial charge is 0.493 e. The molecule has 0 fully saturated rings. The summed E-state index contributed by atoms with van der Waals surface area (Å²) in [5.41, 5.74) is 2.89. The fourth-order valence-electron chi connectivity index (χ4n) is 3.19. The molecule has 0 spiro atoms. The second-order valence-electron chi connectivity index (χ2n) is 6.70. The lowest BCUT2D eigenvalue weighted by molar-refractivity contribution is -0.118. The highest BCUT2D eigenvalue weighted by Crippen LogP contribution is 2.29. The summed E-state index contributed by atoms with van der Waals surface area (Å²) >= 11 is 1.21. The number of carbonyl (C=O) groups is 1. The predicted octanol–water partition coefficient (Wildman–Crippen LogP) is 3.69. The predicted molar refractivity (Wildman–Crippen MR) is 119 cm³/mol. The maximum atomic E-state index is 12.2. The third-order valence-electron chi connectivity index (χ3n) is 4.74. The number of nitrogens with zero attached hydrogens (tertiary/aromatic N) is 2. The zero-order valence-corrected chi connectivity index (χ0v) is 18.0. The Morgan fingerprint density at radius 1 is 1.13 bits per heavy atom. The average molecular weight is 439 g/mol. The van der Waals surface area contributed by atoms with E-state index in [0.29, 0.717) is 35.6 Å². The standard InChI is InChI=1S/C22H22N4O4S/c1-28-18-8-7-14(11-19(18)29-2)9-10-23-20(27)13-31-22-26-25-21(30-22)16-12-24-17-6-4-3-5-15(16)17/h3-8,11-12,24H,9-10,13H2,1-2H3,(H,23,27). The van der Waals surface area contributed by atoms with E-state index in [-0.39, 0.29) is 11.7 Å². The van der Waals surface area contributed by atoms with Crippen LogP contribution in [0.2, 0.25) is 0 Å². The van der Waals surface area contributed by atoms with Crippen molar-refractivity contribution < 1.29 is 18.7 Å². The molecule has 0 radical (unpaired) electrons. The molecule has 2 aromatic carbocycles. The summed E-state index contributed by atoms with van der Waals surface area (Å²) in [7, 11) is 3.20. The number of para-hydroxylation sites is 1. The number of H-pyrrole nitrogens is 1. The number of fused-ring (bicyclic) bond motifs is 1. The number of nitrogens with one attached hydrogen (secondary N) is 2. The van der Waals surface area contributed by atoms with E-state index >= 15 is 0 Å². The molecule has 0 aliphatic rings. The number of ether oxygens (including phenoxy) is 2. The summed E-state index contributed by atoms with van der Waals surface area (Å²) in [4.78, 5) is 15.4. The first-order valence-corrected chi connectivity index (χ1v) is 10.7. The topological polar surface area (TPSA) is 102 Å². The molecule has 0 saturated carbocycles. The molecule has 4 aromatic rings.